The average Bonchev–Trinajstić information content (AvgIpc) is 3.51. The van der Waals surface area contributed by atoms with Crippen molar-refractivity contribution >= 4 is 58.8 Å². The fourth-order valence-corrected chi connectivity index (χ4v) is 6.08. The first-order valence-electron chi connectivity index (χ1n) is 13.6. The summed E-state index contributed by atoms with van der Waals surface area (Å²) in [6.45, 7) is 7.59. The summed E-state index contributed by atoms with van der Waals surface area (Å²) in [6, 6.07) is 11.4. The van der Waals surface area contributed by atoms with Gasteiger partial charge in [0.1, 0.15) is 17.9 Å². The Morgan fingerprint density at radius 2 is 1.93 bits per heavy atom. The molecule has 3 N–H and O–H groups in total. The van der Waals surface area contributed by atoms with Gasteiger partial charge in [-0.1, -0.05) is 55.0 Å². The van der Waals surface area contributed by atoms with E-state index in [4.69, 9.17) is 16.3 Å². The third-order valence-corrected chi connectivity index (χ3v) is 8.84. The number of hydrogen-bond acceptors (Lipinski definition) is 8. The van der Waals surface area contributed by atoms with Gasteiger partial charge in [0.25, 0.3) is 0 Å². The fourth-order valence-electron chi connectivity index (χ4n) is 4.78. The number of hydrogen-bond donors (Lipinski definition) is 3. The Labute approximate surface area is 252 Å². The number of anilines is 5. The van der Waals surface area contributed by atoms with Crippen LogP contribution in [-0.2, 0) is 9.36 Å². The molecule has 4 rings (SSSR count). The van der Waals surface area contributed by atoms with Crippen LogP contribution in [-0.4, -0.2) is 60.8 Å². The number of aromatic nitrogens is 2. The van der Waals surface area contributed by atoms with Crippen molar-refractivity contribution in [1.29, 1.82) is 0 Å². The predicted molar refractivity (Wildman–Crippen MR) is 173 cm³/mol. The average molecular weight is 607 g/mol. The third kappa shape index (κ3) is 7.92. The van der Waals surface area contributed by atoms with Crippen LogP contribution in [0.1, 0.15) is 31.2 Å². The van der Waals surface area contributed by atoms with Gasteiger partial charge in [-0.15, -0.1) is 0 Å². The summed E-state index contributed by atoms with van der Waals surface area (Å²) in [5.41, 5.74) is 2.24. The van der Waals surface area contributed by atoms with Crippen molar-refractivity contribution in [3.8, 4) is 17.6 Å². The molecule has 0 bridgehead atoms. The number of amides is 1. The van der Waals surface area contributed by atoms with E-state index in [1.54, 1.807) is 32.6 Å². The van der Waals surface area contributed by atoms with Crippen molar-refractivity contribution in [1.82, 2.24) is 14.9 Å². The molecule has 0 atom stereocenters. The molecule has 42 heavy (non-hydrogen) atoms. The van der Waals surface area contributed by atoms with E-state index < -0.39 is 7.14 Å². The molecule has 1 amide bonds. The number of benzene rings is 2. The minimum Gasteiger partial charge on any atom is -0.495 e. The van der Waals surface area contributed by atoms with E-state index in [1.165, 1.54) is 38.0 Å². The van der Waals surface area contributed by atoms with Gasteiger partial charge in [0.15, 0.2) is 5.82 Å². The molecule has 1 aliphatic carbocycles. The molecule has 1 fully saturated rings. The molecule has 1 saturated carbocycles. The Morgan fingerprint density at radius 1 is 1.19 bits per heavy atom. The lowest BCUT2D eigenvalue weighted by Crippen LogP contribution is -2.29. The molecular weight excluding hydrogens is 571 g/mol. The van der Waals surface area contributed by atoms with E-state index >= 15 is 0 Å². The highest BCUT2D eigenvalue weighted by Gasteiger charge is 2.19. The van der Waals surface area contributed by atoms with Crippen LogP contribution >= 0.6 is 18.7 Å². The molecule has 11 heteroatoms. The lowest BCUT2D eigenvalue weighted by molar-refractivity contribution is -0.111. The van der Waals surface area contributed by atoms with Crippen molar-refractivity contribution in [2.75, 3.05) is 50.0 Å². The minimum atomic E-state index is -2.57. The second kappa shape index (κ2) is 13.9. The number of rotatable bonds is 10. The maximum Gasteiger partial charge on any atom is 0.247 e. The second-order valence-corrected chi connectivity index (χ2v) is 14.0. The van der Waals surface area contributed by atoms with Crippen LogP contribution < -0.4 is 26.0 Å². The van der Waals surface area contributed by atoms with E-state index in [-0.39, 0.29) is 16.9 Å². The number of para-hydroxylation sites is 1. The number of nitrogens with zero attached hydrogens (tertiary/aromatic N) is 3. The molecule has 9 nitrogen and oxygen atoms in total. The Bertz CT molecular complexity index is 1570. The maximum atomic E-state index is 12.8. The number of ether oxygens (including phenoxy) is 1. The van der Waals surface area contributed by atoms with Crippen LogP contribution in [0.4, 0.5) is 28.8 Å². The maximum absolute atomic E-state index is 12.8. The number of carbonyl (C=O) groups excluding carboxylic acids is 1. The van der Waals surface area contributed by atoms with Gasteiger partial charge in [0.05, 0.1) is 42.5 Å². The number of nitrogens with one attached hydrogen (secondary N) is 3. The van der Waals surface area contributed by atoms with Crippen molar-refractivity contribution in [2.24, 2.45) is 0 Å². The molecule has 3 aromatic rings. The van der Waals surface area contributed by atoms with Gasteiger partial charge < -0.3 is 25.3 Å². The van der Waals surface area contributed by atoms with Crippen LogP contribution in [0.15, 0.2) is 55.3 Å². The van der Waals surface area contributed by atoms with Gasteiger partial charge in [0, 0.05) is 17.4 Å². The fraction of sp³-hybridized carbons (Fsp3) is 0.323. The van der Waals surface area contributed by atoms with E-state index in [0.29, 0.717) is 52.1 Å². The van der Waals surface area contributed by atoms with Crippen LogP contribution in [0.3, 0.4) is 0 Å². The zero-order valence-electron chi connectivity index (χ0n) is 24.3. The van der Waals surface area contributed by atoms with Crippen molar-refractivity contribution in [3.63, 3.8) is 0 Å². The van der Waals surface area contributed by atoms with Crippen molar-refractivity contribution in [3.05, 3.63) is 65.8 Å². The minimum absolute atomic E-state index is 0.229. The zero-order chi connectivity index (χ0) is 30.3. The Hall–Kier alpha value is -3.83. The number of methoxy groups -OCH3 is 1. The topological polar surface area (TPSA) is 108 Å². The molecule has 1 heterocycles. The van der Waals surface area contributed by atoms with Gasteiger partial charge in [-0.05, 0) is 57.5 Å². The highest BCUT2D eigenvalue weighted by molar-refractivity contribution is 7.70. The lowest BCUT2D eigenvalue weighted by atomic mass is 10.1. The van der Waals surface area contributed by atoms with Gasteiger partial charge in [-0.3, -0.25) is 9.69 Å². The molecule has 2 aromatic carbocycles. The van der Waals surface area contributed by atoms with Crippen LogP contribution in [0.5, 0.6) is 5.75 Å². The highest BCUT2D eigenvalue weighted by atomic mass is 35.5. The van der Waals surface area contributed by atoms with Crippen molar-refractivity contribution in [2.45, 2.75) is 31.7 Å². The van der Waals surface area contributed by atoms with Gasteiger partial charge in [-0.2, -0.15) is 4.98 Å². The zero-order valence-corrected chi connectivity index (χ0v) is 26.0. The van der Waals surface area contributed by atoms with Crippen LogP contribution in [0.25, 0.3) is 0 Å². The molecule has 1 aromatic heterocycles. The summed E-state index contributed by atoms with van der Waals surface area (Å²) >= 11 is 6.42. The van der Waals surface area contributed by atoms with E-state index in [2.05, 4.69) is 56.3 Å². The molecule has 220 valence electrons. The van der Waals surface area contributed by atoms with Gasteiger partial charge >= 0.3 is 0 Å². The molecule has 0 saturated heterocycles. The van der Waals surface area contributed by atoms with E-state index in [0.717, 1.165) is 0 Å². The van der Waals surface area contributed by atoms with Gasteiger partial charge in [0.2, 0.25) is 11.9 Å². The normalized spacial score (nSPS) is 13.3. The smallest absolute Gasteiger partial charge is 0.247 e. The summed E-state index contributed by atoms with van der Waals surface area (Å²) in [6.07, 6.45) is 7.57. The molecular formula is C31H36ClN6O3P. The first-order chi connectivity index (χ1) is 20.1. The van der Waals surface area contributed by atoms with E-state index in [1.807, 2.05) is 24.3 Å². The third-order valence-electron chi connectivity index (χ3n) is 7.01. The van der Waals surface area contributed by atoms with Gasteiger partial charge in [-0.25, -0.2) is 4.98 Å². The first-order valence-corrected chi connectivity index (χ1v) is 16.6. The summed E-state index contributed by atoms with van der Waals surface area (Å²) in [7, 11) is 1.08. The predicted octanol–water partition coefficient (Wildman–Crippen LogP) is 6.22. The second-order valence-electron chi connectivity index (χ2n) is 10.5. The molecule has 0 unspecified atom stereocenters. The Kier molecular flexibility index (Phi) is 10.3. The van der Waals surface area contributed by atoms with Crippen LogP contribution in [0.2, 0.25) is 5.02 Å². The summed E-state index contributed by atoms with van der Waals surface area (Å²) < 4.78 is 18.5. The highest BCUT2D eigenvalue weighted by Crippen LogP contribution is 2.39. The summed E-state index contributed by atoms with van der Waals surface area (Å²) in [5, 5.41) is 10.2. The number of carbonyl (C=O) groups is 1. The number of halogens is 1. The standard InChI is InChI=1S/C31H36ClN6O3P/c1-6-29(39)34-25-19-26(27(41-3)18-21(25)12-11-17-38(2)22-13-7-8-14-22)36-31-33-20-23(32)30(37-31)35-24-15-9-10-16-28(24)42(4,5)40/h6,9-10,15-16,18-20,22H,1,7-8,13-14,17H2,2-5H3,(H,34,39)(H2,33,35,36,37). The first kappa shape index (κ1) is 31.1. The molecule has 1 aliphatic rings. The largest absolute Gasteiger partial charge is 0.495 e. The SMILES string of the molecule is C=CC(=O)Nc1cc(Nc2ncc(Cl)c(Nc3ccccc3P(C)(C)=O)n2)c(OC)cc1C#CCN(C)C1CCCC1. The summed E-state index contributed by atoms with van der Waals surface area (Å²) in [5.74, 6) is 7.11. The Morgan fingerprint density at radius 3 is 2.62 bits per heavy atom. The Balaban J connectivity index is 1.63. The molecule has 0 radical (unpaired) electrons. The molecule has 0 aliphatic heterocycles. The molecule has 0 spiro atoms. The quantitative estimate of drug-likeness (QED) is 0.142. The lowest BCUT2D eigenvalue weighted by Gasteiger charge is -2.21. The van der Waals surface area contributed by atoms with Crippen molar-refractivity contribution < 1.29 is 14.1 Å². The monoisotopic (exact) mass is 606 g/mol. The van der Waals surface area contributed by atoms with Crippen LogP contribution in [0, 0.1) is 11.8 Å². The summed E-state index contributed by atoms with van der Waals surface area (Å²) in [4.78, 5) is 23.4. The van der Waals surface area contributed by atoms with E-state index in [9.17, 15) is 9.36 Å².